The lowest BCUT2D eigenvalue weighted by molar-refractivity contribution is -0.121. The first-order valence-corrected chi connectivity index (χ1v) is 7.23. The zero-order valence-corrected chi connectivity index (χ0v) is 13.0. The van der Waals surface area contributed by atoms with E-state index in [-0.39, 0.29) is 24.4 Å². The van der Waals surface area contributed by atoms with E-state index < -0.39 is 0 Å². The molecule has 21 heavy (non-hydrogen) atoms. The van der Waals surface area contributed by atoms with E-state index in [9.17, 15) is 9.59 Å². The predicted molar refractivity (Wildman–Crippen MR) is 83.8 cm³/mol. The van der Waals surface area contributed by atoms with Gasteiger partial charge in [-0.25, -0.2) is 0 Å². The minimum absolute atomic E-state index is 0.126. The number of carbonyl (C=O) groups excluding carboxylic acids is 2. The number of nitrogens with two attached hydrogens (primary N) is 1. The van der Waals surface area contributed by atoms with Gasteiger partial charge in [-0.05, 0) is 38.1 Å². The van der Waals surface area contributed by atoms with E-state index in [1.165, 1.54) is 0 Å². The van der Waals surface area contributed by atoms with Crippen molar-refractivity contribution in [2.45, 2.75) is 26.3 Å². The largest absolute Gasteiger partial charge is 0.327 e. The number of hydrogen-bond donors (Lipinski definition) is 2. The second kappa shape index (κ2) is 8.54. The fraction of sp³-hybridized carbons (Fsp3) is 0.500. The summed E-state index contributed by atoms with van der Waals surface area (Å²) in [5, 5.41) is 2.39. The van der Waals surface area contributed by atoms with Crippen LogP contribution in [0.3, 0.4) is 0 Å². The number of benzene rings is 1. The van der Waals surface area contributed by atoms with Crippen molar-refractivity contribution in [3.63, 3.8) is 0 Å². The highest BCUT2D eigenvalue weighted by Gasteiger charge is 2.13. The highest BCUT2D eigenvalue weighted by Crippen LogP contribution is 2.03. The van der Waals surface area contributed by atoms with E-state index in [1.54, 1.807) is 24.3 Å². The van der Waals surface area contributed by atoms with Crippen LogP contribution in [0, 0.1) is 5.92 Å². The van der Waals surface area contributed by atoms with Crippen molar-refractivity contribution < 1.29 is 9.59 Å². The number of imide groups is 1. The fourth-order valence-corrected chi connectivity index (χ4v) is 1.85. The molecule has 0 heterocycles. The molecule has 0 fully saturated rings. The summed E-state index contributed by atoms with van der Waals surface area (Å²) in [6.07, 6.45) is 0.827. The Morgan fingerprint density at radius 3 is 2.43 bits per heavy atom. The molecule has 0 spiro atoms. The van der Waals surface area contributed by atoms with Crippen LogP contribution >= 0.6 is 0 Å². The topological polar surface area (TPSA) is 75.4 Å². The Hall–Kier alpha value is -1.72. The standard InChI is InChI=1S/C16H25N3O2/c1-12(2)14(17)9-10-19(3)11-15(20)18-16(21)13-7-5-4-6-8-13/h4-8,12,14H,9-11,17H2,1-3H3,(H,18,20,21). The van der Waals surface area contributed by atoms with Gasteiger partial charge in [0, 0.05) is 11.6 Å². The number of amides is 2. The van der Waals surface area contributed by atoms with Gasteiger partial charge in [0.2, 0.25) is 5.91 Å². The highest BCUT2D eigenvalue weighted by atomic mass is 16.2. The van der Waals surface area contributed by atoms with Crippen molar-refractivity contribution >= 4 is 11.8 Å². The molecule has 0 saturated heterocycles. The molecule has 1 aromatic rings. The van der Waals surface area contributed by atoms with Gasteiger partial charge in [0.25, 0.3) is 5.91 Å². The van der Waals surface area contributed by atoms with Gasteiger partial charge < -0.3 is 5.73 Å². The van der Waals surface area contributed by atoms with E-state index in [4.69, 9.17) is 5.73 Å². The highest BCUT2D eigenvalue weighted by molar-refractivity contribution is 6.05. The molecular weight excluding hydrogens is 266 g/mol. The number of carbonyl (C=O) groups is 2. The van der Waals surface area contributed by atoms with E-state index in [1.807, 2.05) is 18.0 Å². The maximum atomic E-state index is 11.8. The Bertz CT molecular complexity index is 460. The van der Waals surface area contributed by atoms with E-state index in [0.29, 0.717) is 11.5 Å². The Morgan fingerprint density at radius 2 is 1.86 bits per heavy atom. The van der Waals surface area contributed by atoms with Crippen molar-refractivity contribution in [1.29, 1.82) is 0 Å². The summed E-state index contributed by atoms with van der Waals surface area (Å²) >= 11 is 0. The number of hydrogen-bond acceptors (Lipinski definition) is 4. The summed E-state index contributed by atoms with van der Waals surface area (Å²) in [6.45, 7) is 5.07. The zero-order valence-electron chi connectivity index (χ0n) is 13.0. The lowest BCUT2D eigenvalue weighted by Crippen LogP contribution is -2.40. The molecule has 1 aromatic carbocycles. The molecule has 0 bridgehead atoms. The van der Waals surface area contributed by atoms with Crippen LogP contribution in [0.1, 0.15) is 30.6 Å². The van der Waals surface area contributed by atoms with E-state index in [0.717, 1.165) is 13.0 Å². The van der Waals surface area contributed by atoms with Gasteiger partial charge >= 0.3 is 0 Å². The summed E-state index contributed by atoms with van der Waals surface area (Å²) in [7, 11) is 1.85. The Balaban J connectivity index is 2.35. The summed E-state index contributed by atoms with van der Waals surface area (Å²) in [5.41, 5.74) is 6.45. The lowest BCUT2D eigenvalue weighted by Gasteiger charge is -2.20. The first-order valence-electron chi connectivity index (χ1n) is 7.23. The van der Waals surface area contributed by atoms with Crippen molar-refractivity contribution in [3.8, 4) is 0 Å². The van der Waals surface area contributed by atoms with Crippen molar-refractivity contribution in [2.75, 3.05) is 20.1 Å². The number of nitrogens with zero attached hydrogens (tertiary/aromatic N) is 1. The van der Waals surface area contributed by atoms with Crippen LogP contribution in [0.2, 0.25) is 0 Å². The average molecular weight is 291 g/mol. The van der Waals surface area contributed by atoms with Gasteiger partial charge in [-0.15, -0.1) is 0 Å². The Morgan fingerprint density at radius 1 is 1.24 bits per heavy atom. The zero-order chi connectivity index (χ0) is 15.8. The number of rotatable bonds is 7. The molecule has 116 valence electrons. The molecule has 1 unspecified atom stereocenters. The second-order valence-corrected chi connectivity index (χ2v) is 5.68. The van der Waals surface area contributed by atoms with Gasteiger partial charge in [-0.3, -0.25) is 19.8 Å². The summed E-state index contributed by atoms with van der Waals surface area (Å²) in [4.78, 5) is 25.5. The third-order valence-corrected chi connectivity index (χ3v) is 3.40. The summed E-state index contributed by atoms with van der Waals surface area (Å²) < 4.78 is 0. The molecule has 1 rings (SSSR count). The molecule has 3 N–H and O–H groups in total. The molecule has 0 aromatic heterocycles. The monoisotopic (exact) mass is 291 g/mol. The van der Waals surface area contributed by atoms with Gasteiger partial charge in [0.15, 0.2) is 0 Å². The van der Waals surface area contributed by atoms with Crippen LogP contribution in [0.4, 0.5) is 0 Å². The summed E-state index contributed by atoms with van der Waals surface area (Å²) in [6, 6.07) is 8.82. The normalized spacial score (nSPS) is 12.5. The molecule has 2 amide bonds. The molecule has 0 aliphatic heterocycles. The van der Waals surface area contributed by atoms with Crippen LogP contribution < -0.4 is 11.1 Å². The van der Waals surface area contributed by atoms with Crippen molar-refractivity contribution in [3.05, 3.63) is 35.9 Å². The Kier molecular flexibility index (Phi) is 7.05. The predicted octanol–water partition coefficient (Wildman–Crippen LogP) is 1.25. The van der Waals surface area contributed by atoms with Gasteiger partial charge in [0.1, 0.15) is 0 Å². The smallest absolute Gasteiger partial charge is 0.257 e. The molecule has 0 aliphatic rings. The average Bonchev–Trinajstić information content (AvgIpc) is 2.45. The second-order valence-electron chi connectivity index (χ2n) is 5.68. The van der Waals surface area contributed by atoms with Crippen molar-refractivity contribution in [2.24, 2.45) is 11.7 Å². The quantitative estimate of drug-likeness (QED) is 0.793. The molecule has 0 radical (unpaired) electrons. The first-order chi connectivity index (χ1) is 9.90. The SMILES string of the molecule is CC(C)C(N)CCN(C)CC(=O)NC(=O)c1ccccc1. The fourth-order valence-electron chi connectivity index (χ4n) is 1.85. The lowest BCUT2D eigenvalue weighted by atomic mass is 10.0. The minimum atomic E-state index is -0.368. The Labute approximate surface area is 126 Å². The molecule has 5 nitrogen and oxygen atoms in total. The molecule has 0 aliphatic carbocycles. The molecule has 1 atom stereocenters. The maximum Gasteiger partial charge on any atom is 0.257 e. The van der Waals surface area contributed by atoms with Crippen LogP contribution in [-0.4, -0.2) is 42.9 Å². The van der Waals surface area contributed by atoms with E-state index >= 15 is 0 Å². The third-order valence-electron chi connectivity index (χ3n) is 3.40. The van der Waals surface area contributed by atoms with Crippen LogP contribution in [-0.2, 0) is 4.79 Å². The maximum absolute atomic E-state index is 11.8. The van der Waals surface area contributed by atoms with Crippen LogP contribution in [0.5, 0.6) is 0 Å². The molecule has 5 heteroatoms. The molecule has 0 saturated carbocycles. The van der Waals surface area contributed by atoms with Gasteiger partial charge in [0.05, 0.1) is 6.54 Å². The number of likely N-dealkylation sites (N-methyl/N-ethyl adjacent to an activating group) is 1. The summed E-state index contributed by atoms with van der Waals surface area (Å²) in [5.74, 6) is -0.246. The number of nitrogens with one attached hydrogen (secondary N) is 1. The van der Waals surface area contributed by atoms with Crippen LogP contribution in [0.15, 0.2) is 30.3 Å². The van der Waals surface area contributed by atoms with Gasteiger partial charge in [-0.1, -0.05) is 32.0 Å². The van der Waals surface area contributed by atoms with E-state index in [2.05, 4.69) is 19.2 Å². The molecular formula is C16H25N3O2. The van der Waals surface area contributed by atoms with Gasteiger partial charge in [-0.2, -0.15) is 0 Å². The first kappa shape index (κ1) is 17.3. The third kappa shape index (κ3) is 6.51. The minimum Gasteiger partial charge on any atom is -0.327 e. The van der Waals surface area contributed by atoms with Crippen molar-refractivity contribution in [1.82, 2.24) is 10.2 Å². The van der Waals surface area contributed by atoms with Crippen LogP contribution in [0.25, 0.3) is 0 Å².